The molecule has 2 saturated carbocycles. The first-order chi connectivity index (χ1) is 14.3. The lowest BCUT2D eigenvalue weighted by molar-refractivity contribution is 0.300. The molecule has 0 unspecified atom stereocenters. The predicted octanol–water partition coefficient (Wildman–Crippen LogP) is 4.95. The van der Waals surface area contributed by atoms with E-state index in [1.165, 1.54) is 25.7 Å². The number of anilines is 1. The zero-order valence-corrected chi connectivity index (χ0v) is 16.6. The van der Waals surface area contributed by atoms with E-state index in [4.69, 9.17) is 4.74 Å². The second-order valence-corrected chi connectivity index (χ2v) is 8.04. The van der Waals surface area contributed by atoms with Gasteiger partial charge in [0.1, 0.15) is 11.8 Å². The van der Waals surface area contributed by atoms with Crippen molar-refractivity contribution in [3.05, 3.63) is 48.2 Å². The maximum absolute atomic E-state index is 9.59. The fraction of sp³-hybridized carbons (Fsp3) is 0.375. The van der Waals surface area contributed by atoms with Crippen molar-refractivity contribution in [3.8, 4) is 22.9 Å². The molecule has 5 rings (SSSR count). The van der Waals surface area contributed by atoms with Gasteiger partial charge in [0, 0.05) is 18.0 Å². The lowest BCUT2D eigenvalue weighted by Gasteiger charge is -2.24. The van der Waals surface area contributed by atoms with Crippen molar-refractivity contribution in [2.75, 3.05) is 18.1 Å². The molecule has 0 spiro atoms. The minimum Gasteiger partial charge on any atom is -0.493 e. The summed E-state index contributed by atoms with van der Waals surface area (Å²) in [5.74, 6) is 1.64. The number of hydrogen-bond donors (Lipinski definition) is 0. The van der Waals surface area contributed by atoms with Crippen LogP contribution in [0.4, 0.5) is 5.69 Å². The Kier molecular flexibility index (Phi) is 4.55. The van der Waals surface area contributed by atoms with Crippen molar-refractivity contribution in [1.82, 2.24) is 10.2 Å². The van der Waals surface area contributed by atoms with Crippen molar-refractivity contribution in [3.63, 3.8) is 0 Å². The van der Waals surface area contributed by atoms with E-state index in [1.54, 1.807) is 0 Å². The summed E-state index contributed by atoms with van der Waals surface area (Å²) in [7, 11) is 0. The van der Waals surface area contributed by atoms with Gasteiger partial charge in [-0.3, -0.25) is 0 Å². The number of hydrogen-bond acceptors (Lipinski definition) is 5. The first-order valence-corrected chi connectivity index (χ1v) is 10.5. The van der Waals surface area contributed by atoms with E-state index in [1.807, 2.05) is 12.1 Å². The van der Waals surface area contributed by atoms with Crippen molar-refractivity contribution in [1.29, 1.82) is 5.26 Å². The maximum Gasteiger partial charge on any atom is 0.187 e. The zero-order valence-electron chi connectivity index (χ0n) is 16.6. The van der Waals surface area contributed by atoms with Crippen molar-refractivity contribution in [2.24, 2.45) is 5.92 Å². The fourth-order valence-electron chi connectivity index (χ4n) is 3.89. The normalized spacial score (nSPS) is 15.9. The van der Waals surface area contributed by atoms with Crippen molar-refractivity contribution >= 4 is 16.6 Å². The Morgan fingerprint density at radius 2 is 1.90 bits per heavy atom. The van der Waals surface area contributed by atoms with Gasteiger partial charge in [-0.05, 0) is 73.9 Å². The van der Waals surface area contributed by atoms with E-state index < -0.39 is 0 Å². The molecule has 0 amide bonds. The summed E-state index contributed by atoms with van der Waals surface area (Å²) < 4.78 is 5.94. The van der Waals surface area contributed by atoms with Crippen LogP contribution in [0.3, 0.4) is 0 Å². The van der Waals surface area contributed by atoms with Crippen LogP contribution in [0, 0.1) is 17.2 Å². The van der Waals surface area contributed by atoms with Gasteiger partial charge in [-0.2, -0.15) is 5.26 Å². The highest BCUT2D eigenvalue weighted by Gasteiger charge is 2.31. The molecule has 2 fully saturated rings. The molecular formula is C24H24N4O. The average Bonchev–Trinajstić information content (AvgIpc) is 3.67. The van der Waals surface area contributed by atoms with Crippen LogP contribution in [-0.2, 0) is 0 Å². The van der Waals surface area contributed by atoms with Gasteiger partial charge in [-0.1, -0.05) is 18.2 Å². The topological polar surface area (TPSA) is 62.0 Å². The van der Waals surface area contributed by atoms with E-state index in [0.29, 0.717) is 11.7 Å². The molecule has 0 atom stereocenters. The lowest BCUT2D eigenvalue weighted by Crippen LogP contribution is -2.26. The molecule has 0 bridgehead atoms. The third kappa shape index (κ3) is 3.63. The summed E-state index contributed by atoms with van der Waals surface area (Å²) in [6.45, 7) is 3.80. The number of ether oxygens (including phenoxy) is 1. The highest BCUT2D eigenvalue weighted by Crippen LogP contribution is 2.38. The van der Waals surface area contributed by atoms with Gasteiger partial charge in [0.15, 0.2) is 5.69 Å². The zero-order chi connectivity index (χ0) is 19.8. The Labute approximate surface area is 170 Å². The third-order valence-electron chi connectivity index (χ3n) is 5.81. The molecule has 2 aliphatic carbocycles. The van der Waals surface area contributed by atoms with Crippen LogP contribution >= 0.6 is 0 Å². The molecule has 5 nitrogen and oxygen atoms in total. The van der Waals surface area contributed by atoms with Crippen LogP contribution in [0.25, 0.3) is 22.0 Å². The average molecular weight is 384 g/mol. The van der Waals surface area contributed by atoms with Gasteiger partial charge in [-0.15, -0.1) is 10.2 Å². The van der Waals surface area contributed by atoms with E-state index in [-0.39, 0.29) is 0 Å². The Balaban J connectivity index is 1.52. The SMILES string of the molecule is CCN(c1c(C#N)nnc2cc(-c3cccc(OCC4CC4)c3)ccc12)C1CC1. The Morgan fingerprint density at radius 1 is 1.07 bits per heavy atom. The second kappa shape index (κ2) is 7.36. The molecule has 1 heterocycles. The summed E-state index contributed by atoms with van der Waals surface area (Å²) in [5, 5.41) is 19.2. The number of fused-ring (bicyclic) bond motifs is 1. The molecule has 2 aliphatic rings. The molecule has 0 aliphatic heterocycles. The van der Waals surface area contributed by atoms with E-state index in [2.05, 4.69) is 58.4 Å². The van der Waals surface area contributed by atoms with Crippen molar-refractivity contribution < 1.29 is 4.74 Å². The van der Waals surface area contributed by atoms with Gasteiger partial charge in [0.2, 0.25) is 0 Å². The molecule has 0 N–H and O–H groups in total. The summed E-state index contributed by atoms with van der Waals surface area (Å²) in [4.78, 5) is 2.31. The minimum absolute atomic E-state index is 0.412. The monoisotopic (exact) mass is 384 g/mol. The molecule has 0 saturated heterocycles. The van der Waals surface area contributed by atoms with Crippen molar-refractivity contribution in [2.45, 2.75) is 38.6 Å². The number of rotatable bonds is 7. The quantitative estimate of drug-likeness (QED) is 0.577. The van der Waals surface area contributed by atoms with Crippen LogP contribution in [0.1, 0.15) is 38.3 Å². The van der Waals surface area contributed by atoms with Gasteiger partial charge in [-0.25, -0.2) is 0 Å². The Bertz CT molecular complexity index is 1100. The van der Waals surface area contributed by atoms with E-state index in [0.717, 1.165) is 52.5 Å². The van der Waals surface area contributed by atoms with Gasteiger partial charge in [0.25, 0.3) is 0 Å². The molecule has 2 aromatic carbocycles. The first-order valence-electron chi connectivity index (χ1n) is 10.5. The number of nitriles is 1. The van der Waals surface area contributed by atoms with Crippen LogP contribution in [-0.4, -0.2) is 29.4 Å². The summed E-state index contributed by atoms with van der Waals surface area (Å²) >= 11 is 0. The molecular weight excluding hydrogens is 360 g/mol. The van der Waals surface area contributed by atoms with E-state index >= 15 is 0 Å². The smallest absolute Gasteiger partial charge is 0.187 e. The lowest BCUT2D eigenvalue weighted by atomic mass is 10.0. The Morgan fingerprint density at radius 3 is 2.62 bits per heavy atom. The number of nitrogens with zero attached hydrogens (tertiary/aromatic N) is 4. The molecule has 29 heavy (non-hydrogen) atoms. The summed E-state index contributed by atoms with van der Waals surface area (Å²) in [6, 6.07) is 17.2. The van der Waals surface area contributed by atoms with Gasteiger partial charge in [0.05, 0.1) is 17.8 Å². The van der Waals surface area contributed by atoms with Crippen LogP contribution in [0.15, 0.2) is 42.5 Å². The van der Waals surface area contributed by atoms with Crippen LogP contribution in [0.2, 0.25) is 0 Å². The Hall–Kier alpha value is -3.13. The highest BCUT2D eigenvalue weighted by atomic mass is 16.5. The minimum atomic E-state index is 0.412. The fourth-order valence-corrected chi connectivity index (χ4v) is 3.89. The third-order valence-corrected chi connectivity index (χ3v) is 5.81. The number of benzene rings is 2. The second-order valence-electron chi connectivity index (χ2n) is 8.04. The highest BCUT2D eigenvalue weighted by molar-refractivity contribution is 5.96. The predicted molar refractivity (Wildman–Crippen MR) is 114 cm³/mol. The first kappa shape index (κ1) is 17.9. The van der Waals surface area contributed by atoms with Gasteiger partial charge >= 0.3 is 0 Å². The maximum atomic E-state index is 9.59. The standard InChI is InChI=1S/C24H24N4O/c1-2-28(19-9-10-19)24-21-11-8-18(13-22(21)26-27-23(24)14-25)17-4-3-5-20(12-17)29-15-16-6-7-16/h3-5,8,11-13,16,19H,2,6-7,9-10,15H2,1H3. The molecule has 3 aromatic rings. The van der Waals surface area contributed by atoms with Gasteiger partial charge < -0.3 is 9.64 Å². The molecule has 5 heteroatoms. The largest absolute Gasteiger partial charge is 0.493 e. The molecule has 0 radical (unpaired) electrons. The molecule has 146 valence electrons. The van der Waals surface area contributed by atoms with E-state index in [9.17, 15) is 5.26 Å². The molecule has 1 aromatic heterocycles. The summed E-state index contributed by atoms with van der Waals surface area (Å²) in [6.07, 6.45) is 4.92. The van der Waals surface area contributed by atoms with Crippen LogP contribution < -0.4 is 9.64 Å². The van der Waals surface area contributed by atoms with Crippen LogP contribution in [0.5, 0.6) is 5.75 Å². The summed E-state index contributed by atoms with van der Waals surface area (Å²) in [5.41, 5.74) is 4.33. The number of aromatic nitrogens is 2.